The summed E-state index contributed by atoms with van der Waals surface area (Å²) in [4.78, 5) is 22.9. The minimum Gasteiger partial charge on any atom is -0.481 e. The van der Waals surface area contributed by atoms with Gasteiger partial charge in [-0.25, -0.2) is 0 Å². The molecule has 1 unspecified atom stereocenters. The first kappa shape index (κ1) is 15.5. The summed E-state index contributed by atoms with van der Waals surface area (Å²) >= 11 is 5.89. The van der Waals surface area contributed by atoms with Gasteiger partial charge in [0.05, 0.1) is 5.92 Å². The Morgan fingerprint density at radius 2 is 2.00 bits per heavy atom. The van der Waals surface area contributed by atoms with Gasteiger partial charge in [0, 0.05) is 17.1 Å². The van der Waals surface area contributed by atoms with Crippen LogP contribution in [0.15, 0.2) is 18.2 Å². The van der Waals surface area contributed by atoms with Crippen LogP contribution in [0.2, 0.25) is 5.02 Å². The number of carbonyl (C=O) groups excluding carboxylic acids is 1. The SMILES string of the molecule is Cc1cc(C(=O)NCC(C(=O)O)C(C)C)ccc1Cl. The van der Waals surface area contributed by atoms with E-state index in [9.17, 15) is 9.59 Å². The Morgan fingerprint density at radius 1 is 1.37 bits per heavy atom. The standard InChI is InChI=1S/C14H18ClNO3/c1-8(2)11(14(18)19)7-16-13(17)10-4-5-12(15)9(3)6-10/h4-6,8,11H,7H2,1-3H3,(H,16,17)(H,18,19). The molecule has 0 bridgehead atoms. The maximum Gasteiger partial charge on any atom is 0.308 e. The molecule has 0 saturated heterocycles. The van der Waals surface area contributed by atoms with Gasteiger partial charge in [0.15, 0.2) is 0 Å². The molecule has 5 heteroatoms. The van der Waals surface area contributed by atoms with E-state index in [0.717, 1.165) is 5.56 Å². The molecular formula is C14H18ClNO3. The summed E-state index contributed by atoms with van der Waals surface area (Å²) in [6.07, 6.45) is 0. The van der Waals surface area contributed by atoms with E-state index in [-0.39, 0.29) is 18.4 Å². The largest absolute Gasteiger partial charge is 0.481 e. The zero-order chi connectivity index (χ0) is 14.6. The molecule has 0 heterocycles. The van der Waals surface area contributed by atoms with Gasteiger partial charge < -0.3 is 10.4 Å². The Hall–Kier alpha value is -1.55. The van der Waals surface area contributed by atoms with E-state index in [1.54, 1.807) is 18.2 Å². The van der Waals surface area contributed by atoms with E-state index in [1.807, 2.05) is 20.8 Å². The van der Waals surface area contributed by atoms with E-state index >= 15 is 0 Å². The number of carboxylic acids is 1. The van der Waals surface area contributed by atoms with Crippen LogP contribution in [-0.4, -0.2) is 23.5 Å². The van der Waals surface area contributed by atoms with Gasteiger partial charge in [0.1, 0.15) is 0 Å². The molecule has 1 aromatic rings. The van der Waals surface area contributed by atoms with Crippen LogP contribution >= 0.6 is 11.6 Å². The summed E-state index contributed by atoms with van der Waals surface area (Å²) in [7, 11) is 0. The average Bonchev–Trinajstić information content (AvgIpc) is 2.31. The zero-order valence-corrected chi connectivity index (χ0v) is 12.0. The van der Waals surface area contributed by atoms with Crippen LogP contribution in [0.1, 0.15) is 29.8 Å². The monoisotopic (exact) mass is 283 g/mol. The number of aliphatic carboxylic acids is 1. The van der Waals surface area contributed by atoms with Crippen molar-refractivity contribution in [2.45, 2.75) is 20.8 Å². The van der Waals surface area contributed by atoms with Crippen LogP contribution in [0.3, 0.4) is 0 Å². The highest BCUT2D eigenvalue weighted by atomic mass is 35.5. The van der Waals surface area contributed by atoms with Crippen LogP contribution in [-0.2, 0) is 4.79 Å². The van der Waals surface area contributed by atoms with E-state index in [1.165, 1.54) is 0 Å². The van der Waals surface area contributed by atoms with Crippen molar-refractivity contribution in [1.29, 1.82) is 0 Å². The first-order valence-electron chi connectivity index (χ1n) is 6.10. The molecule has 0 aliphatic rings. The summed E-state index contributed by atoms with van der Waals surface area (Å²) in [5, 5.41) is 12.3. The number of benzene rings is 1. The summed E-state index contributed by atoms with van der Waals surface area (Å²) in [5.41, 5.74) is 1.29. The minimum atomic E-state index is -0.900. The molecule has 104 valence electrons. The fraction of sp³-hybridized carbons (Fsp3) is 0.429. The van der Waals surface area contributed by atoms with Gasteiger partial charge in [-0.1, -0.05) is 25.4 Å². The normalized spacial score (nSPS) is 12.3. The van der Waals surface area contributed by atoms with Crippen molar-refractivity contribution in [2.75, 3.05) is 6.54 Å². The van der Waals surface area contributed by atoms with Crippen molar-refractivity contribution in [2.24, 2.45) is 11.8 Å². The molecule has 19 heavy (non-hydrogen) atoms. The number of amides is 1. The molecule has 0 aromatic heterocycles. The fourth-order valence-electron chi connectivity index (χ4n) is 1.70. The number of hydrogen-bond acceptors (Lipinski definition) is 2. The second kappa shape index (κ2) is 6.57. The van der Waals surface area contributed by atoms with Gasteiger partial charge >= 0.3 is 5.97 Å². The molecule has 4 nitrogen and oxygen atoms in total. The van der Waals surface area contributed by atoms with E-state index < -0.39 is 11.9 Å². The summed E-state index contributed by atoms with van der Waals surface area (Å²) in [6, 6.07) is 4.96. The van der Waals surface area contributed by atoms with Crippen LogP contribution in [0, 0.1) is 18.8 Å². The Morgan fingerprint density at radius 3 is 2.47 bits per heavy atom. The summed E-state index contributed by atoms with van der Waals surface area (Å²) < 4.78 is 0. The number of rotatable bonds is 5. The predicted molar refractivity (Wildman–Crippen MR) is 74.5 cm³/mol. The van der Waals surface area contributed by atoms with Crippen molar-refractivity contribution in [3.8, 4) is 0 Å². The molecule has 1 atom stereocenters. The zero-order valence-electron chi connectivity index (χ0n) is 11.2. The molecule has 2 N–H and O–H groups in total. The smallest absolute Gasteiger partial charge is 0.308 e. The van der Waals surface area contributed by atoms with Crippen molar-refractivity contribution in [3.63, 3.8) is 0 Å². The first-order chi connectivity index (χ1) is 8.82. The van der Waals surface area contributed by atoms with Gasteiger partial charge in [-0.2, -0.15) is 0 Å². The van der Waals surface area contributed by atoms with Gasteiger partial charge in [-0.15, -0.1) is 0 Å². The fourth-order valence-corrected chi connectivity index (χ4v) is 1.82. The number of hydrogen-bond donors (Lipinski definition) is 2. The molecule has 0 aliphatic carbocycles. The van der Waals surface area contributed by atoms with Crippen LogP contribution < -0.4 is 5.32 Å². The van der Waals surface area contributed by atoms with E-state index in [4.69, 9.17) is 16.7 Å². The Kier molecular flexibility index (Phi) is 5.36. The van der Waals surface area contributed by atoms with Crippen molar-refractivity contribution >= 4 is 23.5 Å². The number of carbonyl (C=O) groups is 2. The lowest BCUT2D eigenvalue weighted by molar-refractivity contribution is -0.142. The molecular weight excluding hydrogens is 266 g/mol. The topological polar surface area (TPSA) is 66.4 Å². The maximum absolute atomic E-state index is 11.9. The highest BCUT2D eigenvalue weighted by Gasteiger charge is 2.22. The third-order valence-corrected chi connectivity index (χ3v) is 3.45. The first-order valence-corrected chi connectivity index (χ1v) is 6.48. The van der Waals surface area contributed by atoms with Gasteiger partial charge in [-0.05, 0) is 36.6 Å². The lowest BCUT2D eigenvalue weighted by Crippen LogP contribution is -2.35. The molecule has 0 fully saturated rings. The van der Waals surface area contributed by atoms with Crippen molar-refractivity contribution < 1.29 is 14.7 Å². The lowest BCUT2D eigenvalue weighted by Gasteiger charge is -2.16. The highest BCUT2D eigenvalue weighted by Crippen LogP contribution is 2.16. The van der Waals surface area contributed by atoms with Crippen LogP contribution in [0.5, 0.6) is 0 Å². The van der Waals surface area contributed by atoms with Crippen molar-refractivity contribution in [3.05, 3.63) is 34.3 Å². The molecule has 0 radical (unpaired) electrons. The average molecular weight is 284 g/mol. The third-order valence-electron chi connectivity index (χ3n) is 3.02. The Labute approximate surface area is 117 Å². The third kappa shape index (κ3) is 4.24. The lowest BCUT2D eigenvalue weighted by atomic mass is 9.96. The Balaban J connectivity index is 2.69. The van der Waals surface area contributed by atoms with Crippen LogP contribution in [0.4, 0.5) is 0 Å². The summed E-state index contributed by atoms with van der Waals surface area (Å²) in [6.45, 7) is 5.57. The van der Waals surface area contributed by atoms with E-state index in [0.29, 0.717) is 10.6 Å². The number of carboxylic acid groups (broad SMARTS) is 1. The van der Waals surface area contributed by atoms with Gasteiger partial charge in [-0.3, -0.25) is 9.59 Å². The summed E-state index contributed by atoms with van der Waals surface area (Å²) in [5.74, 6) is -1.81. The molecule has 1 amide bonds. The number of halogens is 1. The van der Waals surface area contributed by atoms with Crippen LogP contribution in [0.25, 0.3) is 0 Å². The number of aryl methyl sites for hydroxylation is 1. The minimum absolute atomic E-state index is 0.0373. The molecule has 1 aromatic carbocycles. The Bertz CT molecular complexity index is 486. The molecule has 1 rings (SSSR count). The second-order valence-corrected chi connectivity index (χ2v) is 5.27. The number of nitrogens with one attached hydrogen (secondary N) is 1. The highest BCUT2D eigenvalue weighted by molar-refractivity contribution is 6.31. The van der Waals surface area contributed by atoms with E-state index in [2.05, 4.69) is 5.32 Å². The van der Waals surface area contributed by atoms with Gasteiger partial charge in [0.2, 0.25) is 0 Å². The molecule has 0 aliphatic heterocycles. The molecule has 0 saturated carbocycles. The van der Waals surface area contributed by atoms with Crippen molar-refractivity contribution in [1.82, 2.24) is 5.32 Å². The molecule has 0 spiro atoms. The van der Waals surface area contributed by atoms with Gasteiger partial charge in [0.25, 0.3) is 5.91 Å². The predicted octanol–water partition coefficient (Wildman–Crippen LogP) is 2.74. The second-order valence-electron chi connectivity index (χ2n) is 4.86. The maximum atomic E-state index is 11.9. The quantitative estimate of drug-likeness (QED) is 0.873.